The van der Waals surface area contributed by atoms with Crippen molar-refractivity contribution in [3.05, 3.63) is 34.9 Å². The molecule has 0 unspecified atom stereocenters. The van der Waals surface area contributed by atoms with Crippen LogP contribution in [0.2, 0.25) is 5.02 Å². The largest absolute Gasteiger partial charge is 0.354 e. The minimum atomic E-state index is -0.849. The van der Waals surface area contributed by atoms with Crippen molar-refractivity contribution >= 4 is 29.4 Å². The van der Waals surface area contributed by atoms with Crippen molar-refractivity contribution in [2.24, 2.45) is 5.92 Å². The van der Waals surface area contributed by atoms with Crippen LogP contribution in [0.15, 0.2) is 24.3 Å². The Morgan fingerprint density at radius 2 is 2.17 bits per heavy atom. The number of hydrogen-bond donors (Lipinski definition) is 2. The van der Waals surface area contributed by atoms with Gasteiger partial charge >= 0.3 is 6.03 Å². The summed E-state index contributed by atoms with van der Waals surface area (Å²) >= 11 is 5.91. The highest BCUT2D eigenvalue weighted by Crippen LogP contribution is 2.42. The summed E-state index contributed by atoms with van der Waals surface area (Å²) in [5, 5.41) is 6.11. The summed E-state index contributed by atoms with van der Waals surface area (Å²) < 4.78 is 0. The van der Waals surface area contributed by atoms with Gasteiger partial charge in [0.05, 0.1) is 0 Å². The van der Waals surface area contributed by atoms with Crippen molar-refractivity contribution < 1.29 is 14.4 Å². The van der Waals surface area contributed by atoms with Crippen molar-refractivity contribution in [1.82, 2.24) is 15.5 Å². The number of amides is 4. The minimum Gasteiger partial charge on any atom is -0.354 e. The number of imide groups is 1. The molecule has 0 radical (unpaired) electrons. The normalized spacial score (nSPS) is 23.3. The van der Waals surface area contributed by atoms with Gasteiger partial charge in [-0.15, -0.1) is 0 Å². The van der Waals surface area contributed by atoms with Gasteiger partial charge in [0.15, 0.2) is 0 Å². The number of carbonyl (C=O) groups is 3. The van der Waals surface area contributed by atoms with E-state index in [1.54, 1.807) is 13.0 Å². The average molecular weight is 350 g/mol. The first-order chi connectivity index (χ1) is 11.4. The van der Waals surface area contributed by atoms with E-state index in [9.17, 15) is 14.4 Å². The van der Waals surface area contributed by atoms with Gasteiger partial charge in [-0.2, -0.15) is 0 Å². The Balaban J connectivity index is 1.50. The van der Waals surface area contributed by atoms with Crippen molar-refractivity contribution in [3.8, 4) is 0 Å². The van der Waals surface area contributed by atoms with E-state index in [0.717, 1.165) is 23.3 Å². The zero-order chi connectivity index (χ0) is 17.3. The second kappa shape index (κ2) is 6.43. The first kappa shape index (κ1) is 16.8. The first-order valence-electron chi connectivity index (χ1n) is 8.05. The zero-order valence-corrected chi connectivity index (χ0v) is 14.2. The van der Waals surface area contributed by atoms with Crippen LogP contribution in [0.5, 0.6) is 0 Å². The summed E-state index contributed by atoms with van der Waals surface area (Å²) in [6.07, 6.45) is 2.50. The average Bonchev–Trinajstić information content (AvgIpc) is 3.34. The lowest BCUT2D eigenvalue weighted by atomic mass is 9.96. The van der Waals surface area contributed by atoms with E-state index in [1.165, 1.54) is 0 Å². The van der Waals surface area contributed by atoms with Crippen LogP contribution in [0.1, 0.15) is 25.3 Å². The number of benzene rings is 1. The standard InChI is InChI=1S/C17H20ClN3O3/c1-17(12-5-6-12)15(23)21(16(24)20-17)10-14(22)19-8-7-11-3-2-4-13(18)9-11/h2-4,9,12H,5-8,10H2,1H3,(H,19,22)(H,20,24)/t17-/m0/s1. The van der Waals surface area contributed by atoms with Crippen LogP contribution in [0.4, 0.5) is 4.79 Å². The smallest absolute Gasteiger partial charge is 0.325 e. The Kier molecular flexibility index (Phi) is 4.49. The SMILES string of the molecule is C[C@@]1(C2CC2)NC(=O)N(CC(=O)NCCc2cccc(Cl)c2)C1=O. The van der Waals surface area contributed by atoms with Crippen molar-refractivity contribution in [1.29, 1.82) is 0 Å². The minimum absolute atomic E-state index is 0.185. The lowest BCUT2D eigenvalue weighted by molar-refractivity contribution is -0.135. The third-order valence-electron chi connectivity index (χ3n) is 4.62. The molecule has 24 heavy (non-hydrogen) atoms. The molecular weight excluding hydrogens is 330 g/mol. The van der Waals surface area contributed by atoms with Gasteiger partial charge in [-0.1, -0.05) is 23.7 Å². The molecule has 0 spiro atoms. The molecule has 128 valence electrons. The van der Waals surface area contributed by atoms with Crippen LogP contribution < -0.4 is 10.6 Å². The third kappa shape index (κ3) is 3.38. The summed E-state index contributed by atoms with van der Waals surface area (Å²) in [4.78, 5) is 37.5. The summed E-state index contributed by atoms with van der Waals surface area (Å²) in [5.41, 5.74) is 0.164. The number of nitrogens with one attached hydrogen (secondary N) is 2. The summed E-state index contributed by atoms with van der Waals surface area (Å²) in [6, 6.07) is 6.92. The van der Waals surface area contributed by atoms with Crippen LogP contribution in [0, 0.1) is 5.92 Å². The van der Waals surface area contributed by atoms with Crippen LogP contribution in [-0.2, 0) is 16.0 Å². The predicted molar refractivity (Wildman–Crippen MR) is 89.5 cm³/mol. The molecule has 4 amide bonds. The Morgan fingerprint density at radius 3 is 2.83 bits per heavy atom. The molecule has 7 heteroatoms. The second-order valence-electron chi connectivity index (χ2n) is 6.53. The number of rotatable bonds is 6. The molecule has 1 aliphatic heterocycles. The van der Waals surface area contributed by atoms with Crippen molar-refractivity contribution in [3.63, 3.8) is 0 Å². The van der Waals surface area contributed by atoms with Gasteiger partial charge in [-0.3, -0.25) is 14.5 Å². The molecule has 0 aromatic heterocycles. The van der Waals surface area contributed by atoms with Crippen LogP contribution in [-0.4, -0.2) is 41.4 Å². The Bertz CT molecular complexity index is 689. The highest BCUT2D eigenvalue weighted by molar-refractivity contribution is 6.30. The third-order valence-corrected chi connectivity index (χ3v) is 4.86. The van der Waals surface area contributed by atoms with Gasteiger partial charge in [0.2, 0.25) is 5.91 Å². The van der Waals surface area contributed by atoms with Gasteiger partial charge < -0.3 is 10.6 Å². The maximum atomic E-state index is 12.4. The molecule has 1 saturated heterocycles. The molecule has 2 N–H and O–H groups in total. The first-order valence-corrected chi connectivity index (χ1v) is 8.43. The highest BCUT2D eigenvalue weighted by Gasteiger charge is 2.56. The number of hydrogen-bond acceptors (Lipinski definition) is 3. The Labute approximate surface area is 145 Å². The van der Waals surface area contributed by atoms with E-state index in [4.69, 9.17) is 11.6 Å². The van der Waals surface area contributed by atoms with E-state index in [1.807, 2.05) is 18.2 Å². The summed E-state index contributed by atoms with van der Waals surface area (Å²) in [7, 11) is 0. The quantitative estimate of drug-likeness (QED) is 0.767. The molecular formula is C17H20ClN3O3. The second-order valence-corrected chi connectivity index (χ2v) is 6.96. The molecule has 2 fully saturated rings. The topological polar surface area (TPSA) is 78.5 Å². The van der Waals surface area contributed by atoms with E-state index in [2.05, 4.69) is 10.6 Å². The molecule has 0 bridgehead atoms. The lowest BCUT2D eigenvalue weighted by Gasteiger charge is -2.20. The highest BCUT2D eigenvalue weighted by atomic mass is 35.5. The molecule has 1 atom stereocenters. The van der Waals surface area contributed by atoms with Gasteiger partial charge in [-0.05, 0) is 49.8 Å². The van der Waals surface area contributed by atoms with E-state index in [0.29, 0.717) is 18.0 Å². The number of urea groups is 1. The molecule has 1 saturated carbocycles. The van der Waals surface area contributed by atoms with Crippen molar-refractivity contribution in [2.75, 3.05) is 13.1 Å². The maximum absolute atomic E-state index is 12.4. The molecule has 1 aromatic carbocycles. The monoisotopic (exact) mass is 349 g/mol. The molecule has 1 aliphatic carbocycles. The van der Waals surface area contributed by atoms with Gasteiger partial charge in [0, 0.05) is 11.6 Å². The number of nitrogens with zero attached hydrogens (tertiary/aromatic N) is 1. The Morgan fingerprint density at radius 1 is 1.42 bits per heavy atom. The predicted octanol–water partition coefficient (Wildman–Crippen LogP) is 1.72. The molecule has 3 rings (SSSR count). The molecule has 6 nitrogen and oxygen atoms in total. The Hall–Kier alpha value is -2.08. The number of carbonyl (C=O) groups excluding carboxylic acids is 3. The van der Waals surface area contributed by atoms with E-state index >= 15 is 0 Å². The molecule has 2 aliphatic rings. The lowest BCUT2D eigenvalue weighted by Crippen LogP contribution is -2.47. The van der Waals surface area contributed by atoms with E-state index < -0.39 is 11.6 Å². The fourth-order valence-corrected chi connectivity index (χ4v) is 3.25. The van der Waals surface area contributed by atoms with Crippen LogP contribution in [0.25, 0.3) is 0 Å². The van der Waals surface area contributed by atoms with Crippen LogP contribution in [0.3, 0.4) is 0 Å². The van der Waals surface area contributed by atoms with Gasteiger partial charge in [0.1, 0.15) is 12.1 Å². The summed E-state index contributed by atoms with van der Waals surface area (Å²) in [5.74, 6) is -0.467. The van der Waals surface area contributed by atoms with E-state index in [-0.39, 0.29) is 24.3 Å². The fourth-order valence-electron chi connectivity index (χ4n) is 3.03. The molecule has 1 heterocycles. The van der Waals surface area contributed by atoms with Gasteiger partial charge in [0.25, 0.3) is 5.91 Å². The summed E-state index contributed by atoms with van der Waals surface area (Å²) in [6.45, 7) is 1.91. The van der Waals surface area contributed by atoms with Crippen molar-refractivity contribution in [2.45, 2.75) is 31.7 Å². The zero-order valence-electron chi connectivity index (χ0n) is 13.5. The fraction of sp³-hybridized carbons (Fsp3) is 0.471. The molecule has 1 aromatic rings. The number of halogens is 1. The van der Waals surface area contributed by atoms with Crippen LogP contribution >= 0.6 is 11.6 Å². The maximum Gasteiger partial charge on any atom is 0.325 e. The van der Waals surface area contributed by atoms with Gasteiger partial charge in [-0.25, -0.2) is 4.79 Å².